The maximum atomic E-state index is 6.34. The standard InChI is InChI=1S/C42H33NO/c1-41(2)32-20-21-38-40(29-15-9-11-17-37(29)44-38)39(32)31-24-34-30(23-35(31)41)28-19-18-26(22-33(28)42(34,3)4)43-36-16-10-8-14-27(36)25-12-6-5-7-13-25/h5-24,43H,1-4H3. The summed E-state index contributed by atoms with van der Waals surface area (Å²) in [5.74, 6) is 0. The van der Waals surface area contributed by atoms with Crippen molar-refractivity contribution < 1.29 is 4.42 Å². The minimum Gasteiger partial charge on any atom is -0.456 e. The second-order valence-electron chi connectivity index (χ2n) is 13.4. The Kier molecular flexibility index (Phi) is 5.05. The molecule has 0 aliphatic heterocycles. The number of para-hydroxylation sites is 2. The molecule has 6 aromatic carbocycles. The van der Waals surface area contributed by atoms with Gasteiger partial charge in [-0.2, -0.15) is 0 Å². The molecule has 1 heterocycles. The van der Waals surface area contributed by atoms with Crippen LogP contribution in [0.1, 0.15) is 49.9 Å². The lowest BCUT2D eigenvalue weighted by Gasteiger charge is -2.24. The van der Waals surface area contributed by atoms with Crippen molar-refractivity contribution in [2.24, 2.45) is 0 Å². The average molecular weight is 568 g/mol. The van der Waals surface area contributed by atoms with E-state index in [1.807, 2.05) is 0 Å². The van der Waals surface area contributed by atoms with Gasteiger partial charge in [-0.25, -0.2) is 0 Å². The molecule has 9 rings (SSSR count). The number of anilines is 2. The monoisotopic (exact) mass is 567 g/mol. The Labute approximate surface area is 258 Å². The summed E-state index contributed by atoms with van der Waals surface area (Å²) >= 11 is 0. The van der Waals surface area contributed by atoms with E-state index in [4.69, 9.17) is 4.42 Å². The van der Waals surface area contributed by atoms with Gasteiger partial charge in [0.05, 0.1) is 0 Å². The van der Waals surface area contributed by atoms with Gasteiger partial charge in [0.25, 0.3) is 0 Å². The number of hydrogen-bond donors (Lipinski definition) is 1. The Balaban J connectivity index is 1.19. The third-order valence-electron chi connectivity index (χ3n) is 10.3. The van der Waals surface area contributed by atoms with Crippen LogP contribution in [0.5, 0.6) is 0 Å². The molecule has 0 radical (unpaired) electrons. The molecule has 1 N–H and O–H groups in total. The highest BCUT2D eigenvalue weighted by atomic mass is 16.3. The van der Waals surface area contributed by atoms with Gasteiger partial charge >= 0.3 is 0 Å². The molecule has 0 fully saturated rings. The van der Waals surface area contributed by atoms with Crippen molar-refractivity contribution in [3.8, 4) is 33.4 Å². The van der Waals surface area contributed by atoms with Crippen LogP contribution in [0, 0.1) is 0 Å². The Morgan fingerprint density at radius 1 is 0.500 bits per heavy atom. The van der Waals surface area contributed by atoms with Crippen LogP contribution in [0.25, 0.3) is 55.3 Å². The van der Waals surface area contributed by atoms with Crippen molar-refractivity contribution >= 4 is 33.3 Å². The summed E-state index contributed by atoms with van der Waals surface area (Å²) in [5.41, 5.74) is 17.2. The zero-order valence-corrected chi connectivity index (χ0v) is 25.5. The van der Waals surface area contributed by atoms with Crippen molar-refractivity contribution in [3.63, 3.8) is 0 Å². The molecule has 2 heteroatoms. The van der Waals surface area contributed by atoms with Gasteiger partial charge in [0.2, 0.25) is 0 Å². The van der Waals surface area contributed by atoms with Gasteiger partial charge in [0.15, 0.2) is 0 Å². The third kappa shape index (κ3) is 3.37. The molecule has 212 valence electrons. The van der Waals surface area contributed by atoms with Gasteiger partial charge in [-0.05, 0) is 92.5 Å². The Hall–Kier alpha value is -5.08. The van der Waals surface area contributed by atoms with Crippen molar-refractivity contribution in [2.75, 3.05) is 5.32 Å². The van der Waals surface area contributed by atoms with E-state index in [1.165, 1.54) is 66.4 Å². The van der Waals surface area contributed by atoms with Crippen LogP contribution >= 0.6 is 0 Å². The van der Waals surface area contributed by atoms with E-state index in [2.05, 4.69) is 154 Å². The number of furan rings is 1. The molecular formula is C42H33NO. The first-order valence-corrected chi connectivity index (χ1v) is 15.5. The van der Waals surface area contributed by atoms with Crippen molar-refractivity contribution in [1.29, 1.82) is 0 Å². The predicted molar refractivity (Wildman–Crippen MR) is 184 cm³/mol. The van der Waals surface area contributed by atoms with Crippen LogP contribution in [-0.4, -0.2) is 0 Å². The van der Waals surface area contributed by atoms with E-state index in [0.29, 0.717) is 0 Å². The average Bonchev–Trinajstić information content (AvgIpc) is 3.60. The van der Waals surface area contributed by atoms with Crippen molar-refractivity contribution in [2.45, 2.75) is 38.5 Å². The molecule has 2 aliphatic carbocycles. The number of hydrogen-bond acceptors (Lipinski definition) is 2. The van der Waals surface area contributed by atoms with Gasteiger partial charge in [-0.1, -0.05) is 107 Å². The summed E-state index contributed by atoms with van der Waals surface area (Å²) in [4.78, 5) is 0. The number of nitrogens with one attached hydrogen (secondary N) is 1. The number of fused-ring (bicyclic) bond motifs is 10. The maximum absolute atomic E-state index is 6.34. The van der Waals surface area contributed by atoms with Crippen LogP contribution in [0.4, 0.5) is 11.4 Å². The second-order valence-corrected chi connectivity index (χ2v) is 13.4. The normalized spacial score (nSPS) is 15.2. The molecule has 0 bridgehead atoms. The predicted octanol–water partition coefficient (Wildman–Crippen LogP) is 11.6. The molecule has 0 atom stereocenters. The summed E-state index contributed by atoms with van der Waals surface area (Å²) < 4.78 is 6.34. The lowest BCUT2D eigenvalue weighted by molar-refractivity contribution is 0.651. The van der Waals surface area contributed by atoms with Crippen LogP contribution in [-0.2, 0) is 10.8 Å². The first-order chi connectivity index (χ1) is 21.3. The first kappa shape index (κ1) is 25.4. The fourth-order valence-corrected chi connectivity index (χ4v) is 7.96. The molecule has 0 amide bonds. The van der Waals surface area contributed by atoms with Crippen molar-refractivity contribution in [1.82, 2.24) is 0 Å². The third-order valence-corrected chi connectivity index (χ3v) is 10.3. The van der Waals surface area contributed by atoms with Crippen molar-refractivity contribution in [3.05, 3.63) is 144 Å². The molecule has 2 aliphatic rings. The summed E-state index contributed by atoms with van der Waals surface area (Å²) in [6, 6.07) is 44.0. The fourth-order valence-electron chi connectivity index (χ4n) is 7.96. The SMILES string of the molecule is CC1(C)c2cc(Nc3ccccc3-c3ccccc3)ccc2-c2cc3c(cc21)-c1c(ccc2oc4ccccc4c12)C3(C)C. The van der Waals surface area contributed by atoms with Gasteiger partial charge in [0.1, 0.15) is 11.2 Å². The van der Waals surface area contributed by atoms with Crippen LogP contribution in [0.2, 0.25) is 0 Å². The van der Waals surface area contributed by atoms with Gasteiger partial charge in [-0.3, -0.25) is 0 Å². The highest BCUT2D eigenvalue weighted by molar-refractivity contribution is 6.15. The summed E-state index contributed by atoms with van der Waals surface area (Å²) in [7, 11) is 0. The molecule has 0 saturated heterocycles. The number of rotatable bonds is 3. The van der Waals surface area contributed by atoms with E-state index in [1.54, 1.807) is 0 Å². The largest absolute Gasteiger partial charge is 0.456 e. The second kappa shape index (κ2) is 8.74. The van der Waals surface area contributed by atoms with Gasteiger partial charge < -0.3 is 9.73 Å². The highest BCUT2D eigenvalue weighted by Crippen LogP contribution is 2.58. The summed E-state index contributed by atoms with van der Waals surface area (Å²) in [6.45, 7) is 9.49. The van der Waals surface area contributed by atoms with E-state index < -0.39 is 0 Å². The first-order valence-electron chi connectivity index (χ1n) is 15.5. The maximum Gasteiger partial charge on any atom is 0.136 e. The molecular weight excluding hydrogens is 534 g/mol. The van der Waals surface area contributed by atoms with Crippen LogP contribution in [0.15, 0.2) is 126 Å². The topological polar surface area (TPSA) is 25.2 Å². The molecule has 2 nitrogen and oxygen atoms in total. The van der Waals surface area contributed by atoms with Gasteiger partial charge in [0, 0.05) is 38.5 Å². The number of benzene rings is 6. The Morgan fingerprint density at radius 3 is 2.05 bits per heavy atom. The smallest absolute Gasteiger partial charge is 0.136 e. The zero-order valence-electron chi connectivity index (χ0n) is 25.5. The lowest BCUT2D eigenvalue weighted by atomic mass is 9.79. The highest BCUT2D eigenvalue weighted by Gasteiger charge is 2.42. The minimum atomic E-state index is -0.143. The molecule has 1 aromatic heterocycles. The lowest BCUT2D eigenvalue weighted by Crippen LogP contribution is -2.17. The molecule has 7 aromatic rings. The summed E-state index contributed by atoms with van der Waals surface area (Å²) in [6.07, 6.45) is 0. The van der Waals surface area contributed by atoms with E-state index in [9.17, 15) is 0 Å². The minimum absolute atomic E-state index is 0.109. The molecule has 0 spiro atoms. The Morgan fingerprint density at radius 2 is 1.18 bits per heavy atom. The molecule has 44 heavy (non-hydrogen) atoms. The zero-order chi connectivity index (χ0) is 29.8. The van der Waals surface area contributed by atoms with Crippen LogP contribution < -0.4 is 5.32 Å². The quantitative estimate of drug-likeness (QED) is 0.230. The molecule has 0 unspecified atom stereocenters. The Bertz CT molecular complexity index is 2300. The van der Waals surface area contributed by atoms with E-state index in [0.717, 1.165) is 22.5 Å². The van der Waals surface area contributed by atoms with Crippen LogP contribution in [0.3, 0.4) is 0 Å². The molecule has 0 saturated carbocycles. The van der Waals surface area contributed by atoms with Gasteiger partial charge in [-0.15, -0.1) is 0 Å². The van der Waals surface area contributed by atoms with E-state index >= 15 is 0 Å². The summed E-state index contributed by atoms with van der Waals surface area (Å²) in [5, 5.41) is 6.19. The fraction of sp³-hybridized carbons (Fsp3) is 0.143. The van der Waals surface area contributed by atoms with E-state index in [-0.39, 0.29) is 10.8 Å².